The summed E-state index contributed by atoms with van der Waals surface area (Å²) in [6.07, 6.45) is 4.51. The zero-order valence-electron chi connectivity index (χ0n) is 16.7. The molecule has 2 aliphatic rings. The molecule has 1 amide bonds. The second-order valence-corrected chi connectivity index (χ2v) is 8.20. The SMILES string of the molecule is Cc1nc2c(c(C)c1Cl)CN(C(=O)[C@@H]1CCN(c3cnc(N(C)C)nc3)C1)C2. The summed E-state index contributed by atoms with van der Waals surface area (Å²) in [5.41, 5.74) is 4.93. The van der Waals surface area contributed by atoms with Gasteiger partial charge < -0.3 is 14.7 Å². The summed E-state index contributed by atoms with van der Waals surface area (Å²) in [6.45, 7) is 6.64. The van der Waals surface area contributed by atoms with E-state index in [9.17, 15) is 4.79 Å². The van der Waals surface area contributed by atoms with Gasteiger partial charge in [0, 0.05) is 33.7 Å². The highest BCUT2D eigenvalue weighted by Crippen LogP contribution is 2.33. The zero-order valence-corrected chi connectivity index (χ0v) is 17.5. The number of anilines is 2. The molecule has 1 fully saturated rings. The van der Waals surface area contributed by atoms with Crippen LogP contribution in [0, 0.1) is 19.8 Å². The highest BCUT2D eigenvalue weighted by Gasteiger charge is 2.35. The van der Waals surface area contributed by atoms with Gasteiger partial charge in [-0.2, -0.15) is 0 Å². The van der Waals surface area contributed by atoms with Crippen molar-refractivity contribution in [2.45, 2.75) is 33.4 Å². The fraction of sp³-hybridized carbons (Fsp3) is 0.500. The number of nitrogens with zero attached hydrogens (tertiary/aromatic N) is 6. The molecule has 0 aliphatic carbocycles. The van der Waals surface area contributed by atoms with E-state index in [0.29, 0.717) is 30.6 Å². The van der Waals surface area contributed by atoms with Crippen LogP contribution in [0.2, 0.25) is 5.02 Å². The van der Waals surface area contributed by atoms with Gasteiger partial charge in [0.1, 0.15) is 0 Å². The minimum Gasteiger partial charge on any atom is -0.368 e. The van der Waals surface area contributed by atoms with Crippen LogP contribution in [0.1, 0.15) is 28.9 Å². The van der Waals surface area contributed by atoms with Gasteiger partial charge in [-0.1, -0.05) is 11.6 Å². The third-order valence-electron chi connectivity index (χ3n) is 5.68. The fourth-order valence-corrected chi connectivity index (χ4v) is 4.18. The van der Waals surface area contributed by atoms with Gasteiger partial charge in [-0.25, -0.2) is 9.97 Å². The number of carbonyl (C=O) groups excluding carboxylic acids is 1. The number of hydrogen-bond donors (Lipinski definition) is 0. The van der Waals surface area contributed by atoms with Gasteiger partial charge in [0.2, 0.25) is 11.9 Å². The first kappa shape index (κ1) is 18.9. The van der Waals surface area contributed by atoms with Crippen LogP contribution in [0.5, 0.6) is 0 Å². The first-order chi connectivity index (χ1) is 13.3. The van der Waals surface area contributed by atoms with Crippen molar-refractivity contribution >= 4 is 29.1 Å². The van der Waals surface area contributed by atoms with Crippen LogP contribution in [0.3, 0.4) is 0 Å². The Kier molecular flexibility index (Phi) is 4.87. The summed E-state index contributed by atoms with van der Waals surface area (Å²) in [4.78, 5) is 32.5. The lowest BCUT2D eigenvalue weighted by atomic mass is 10.1. The molecule has 8 heteroatoms. The van der Waals surface area contributed by atoms with Crippen molar-refractivity contribution in [3.8, 4) is 0 Å². The average Bonchev–Trinajstić information content (AvgIpc) is 3.33. The van der Waals surface area contributed by atoms with Crippen molar-refractivity contribution in [2.75, 3.05) is 37.0 Å². The molecule has 4 rings (SSSR count). The smallest absolute Gasteiger partial charge is 0.228 e. The summed E-state index contributed by atoms with van der Waals surface area (Å²) in [7, 11) is 3.83. The monoisotopic (exact) mass is 400 g/mol. The van der Waals surface area contributed by atoms with Crippen LogP contribution in [0.15, 0.2) is 12.4 Å². The number of amides is 1. The highest BCUT2D eigenvalue weighted by atomic mass is 35.5. The Labute approximate surface area is 170 Å². The standard InChI is InChI=1S/C20H25ClN6O/c1-12-16-10-27(11-17(16)24-13(2)18(12)21)19(28)14-5-6-26(9-14)15-7-22-20(23-8-15)25(3)4/h7-8,14H,5-6,9-11H2,1-4H3/t14-/m1/s1. The van der Waals surface area contributed by atoms with Gasteiger partial charge in [-0.3, -0.25) is 9.78 Å². The maximum absolute atomic E-state index is 13.1. The summed E-state index contributed by atoms with van der Waals surface area (Å²) in [6, 6.07) is 0. The van der Waals surface area contributed by atoms with Crippen molar-refractivity contribution in [3.05, 3.63) is 39.9 Å². The fourth-order valence-electron chi connectivity index (χ4n) is 4.03. The molecule has 28 heavy (non-hydrogen) atoms. The van der Waals surface area contributed by atoms with E-state index < -0.39 is 0 Å². The van der Waals surface area contributed by atoms with Crippen LogP contribution in [-0.4, -0.2) is 52.9 Å². The molecule has 0 N–H and O–H groups in total. The molecule has 0 spiro atoms. The molecule has 1 atom stereocenters. The van der Waals surface area contributed by atoms with Crippen LogP contribution in [-0.2, 0) is 17.9 Å². The normalized spacial score (nSPS) is 18.5. The molecule has 4 heterocycles. The Morgan fingerprint density at radius 1 is 1.21 bits per heavy atom. The number of fused-ring (bicyclic) bond motifs is 1. The Bertz CT molecular complexity index is 914. The number of rotatable bonds is 3. The van der Waals surface area contributed by atoms with Gasteiger partial charge in [0.25, 0.3) is 0 Å². The third kappa shape index (κ3) is 3.28. The lowest BCUT2D eigenvalue weighted by Gasteiger charge is -2.21. The molecule has 2 aromatic rings. The Hall–Kier alpha value is -2.41. The highest BCUT2D eigenvalue weighted by molar-refractivity contribution is 6.32. The lowest BCUT2D eigenvalue weighted by molar-refractivity contribution is -0.135. The molecule has 0 unspecified atom stereocenters. The van der Waals surface area contributed by atoms with E-state index in [1.807, 2.05) is 50.1 Å². The number of aromatic nitrogens is 3. The number of hydrogen-bond acceptors (Lipinski definition) is 6. The molecule has 0 aromatic carbocycles. The van der Waals surface area contributed by atoms with Gasteiger partial charge >= 0.3 is 0 Å². The summed E-state index contributed by atoms with van der Waals surface area (Å²) in [5, 5.41) is 0.710. The molecule has 2 aliphatic heterocycles. The van der Waals surface area contributed by atoms with Crippen LogP contribution in [0.25, 0.3) is 0 Å². The van der Waals surface area contributed by atoms with Crippen molar-refractivity contribution < 1.29 is 4.79 Å². The zero-order chi connectivity index (χ0) is 20.0. The lowest BCUT2D eigenvalue weighted by Crippen LogP contribution is -2.34. The largest absolute Gasteiger partial charge is 0.368 e. The molecular formula is C20H25ClN6O. The Morgan fingerprint density at radius 3 is 2.61 bits per heavy atom. The first-order valence-electron chi connectivity index (χ1n) is 9.52. The van der Waals surface area contributed by atoms with Crippen molar-refractivity contribution in [1.82, 2.24) is 19.9 Å². The number of aryl methyl sites for hydroxylation is 1. The minimum absolute atomic E-state index is 0.0142. The third-order valence-corrected chi connectivity index (χ3v) is 6.24. The van der Waals surface area contributed by atoms with E-state index in [4.69, 9.17) is 11.6 Å². The molecule has 148 valence electrons. The van der Waals surface area contributed by atoms with Crippen molar-refractivity contribution in [1.29, 1.82) is 0 Å². The minimum atomic E-state index is -0.0142. The average molecular weight is 401 g/mol. The van der Waals surface area contributed by atoms with E-state index in [-0.39, 0.29) is 11.8 Å². The number of pyridine rings is 1. The quantitative estimate of drug-likeness (QED) is 0.789. The van der Waals surface area contributed by atoms with E-state index >= 15 is 0 Å². The van der Waals surface area contributed by atoms with E-state index in [1.54, 1.807) is 0 Å². The first-order valence-corrected chi connectivity index (χ1v) is 9.90. The van der Waals surface area contributed by atoms with Gasteiger partial charge in [0.05, 0.1) is 47.0 Å². The molecule has 7 nitrogen and oxygen atoms in total. The predicted molar refractivity (Wildman–Crippen MR) is 110 cm³/mol. The second kappa shape index (κ2) is 7.20. The summed E-state index contributed by atoms with van der Waals surface area (Å²) < 4.78 is 0. The van der Waals surface area contributed by atoms with Crippen LogP contribution >= 0.6 is 11.6 Å². The van der Waals surface area contributed by atoms with Crippen LogP contribution < -0.4 is 9.80 Å². The molecule has 0 saturated carbocycles. The van der Waals surface area contributed by atoms with Gasteiger partial charge in [0.15, 0.2) is 0 Å². The van der Waals surface area contributed by atoms with E-state index in [1.165, 1.54) is 0 Å². The van der Waals surface area contributed by atoms with Crippen molar-refractivity contribution in [2.24, 2.45) is 5.92 Å². The topological polar surface area (TPSA) is 65.5 Å². The number of carbonyl (C=O) groups is 1. The van der Waals surface area contributed by atoms with Gasteiger partial charge in [-0.05, 0) is 31.4 Å². The Balaban J connectivity index is 1.43. The molecule has 0 radical (unpaired) electrons. The van der Waals surface area contributed by atoms with Gasteiger partial charge in [-0.15, -0.1) is 0 Å². The Morgan fingerprint density at radius 2 is 1.93 bits per heavy atom. The molecular weight excluding hydrogens is 376 g/mol. The molecule has 2 aromatic heterocycles. The summed E-state index contributed by atoms with van der Waals surface area (Å²) >= 11 is 6.35. The van der Waals surface area contributed by atoms with E-state index in [2.05, 4.69) is 19.9 Å². The van der Waals surface area contributed by atoms with Crippen molar-refractivity contribution in [3.63, 3.8) is 0 Å². The summed E-state index contributed by atoms with van der Waals surface area (Å²) in [5.74, 6) is 0.862. The number of halogens is 1. The maximum atomic E-state index is 13.1. The molecule has 1 saturated heterocycles. The van der Waals surface area contributed by atoms with Crippen LogP contribution in [0.4, 0.5) is 11.6 Å². The molecule has 0 bridgehead atoms. The van der Waals surface area contributed by atoms with E-state index in [0.717, 1.165) is 41.2 Å². The maximum Gasteiger partial charge on any atom is 0.228 e. The second-order valence-electron chi connectivity index (χ2n) is 7.82. The predicted octanol–water partition coefficient (Wildman–Crippen LogP) is 2.58.